The van der Waals surface area contributed by atoms with Crippen LogP contribution in [0.5, 0.6) is 17.2 Å². The maximum atomic E-state index is 11.2. The van der Waals surface area contributed by atoms with Gasteiger partial charge in [-0.05, 0) is 49.8 Å². The molecule has 5 nitrogen and oxygen atoms in total. The molecule has 1 amide bonds. The molecule has 140 valence electrons. The zero-order chi connectivity index (χ0) is 19.2. The van der Waals surface area contributed by atoms with Crippen molar-refractivity contribution < 1.29 is 19.0 Å². The Morgan fingerprint density at radius 2 is 1.69 bits per heavy atom. The third-order valence-electron chi connectivity index (χ3n) is 3.24. The second-order valence-corrected chi connectivity index (χ2v) is 5.09. The molecule has 0 saturated carbocycles. The number of hydrogen-bond acceptors (Lipinski definition) is 4. The molecule has 0 heterocycles. The number of carbonyl (C=O) groups excluding carboxylic acids is 1. The first kappa shape index (κ1) is 21.1. The molecule has 1 N–H and O–H groups in total. The van der Waals surface area contributed by atoms with E-state index in [0.29, 0.717) is 18.0 Å². The van der Waals surface area contributed by atoms with Crippen LogP contribution in [0.2, 0.25) is 0 Å². The van der Waals surface area contributed by atoms with Crippen molar-refractivity contribution in [1.29, 1.82) is 0 Å². The Hall–Kier alpha value is -2.95. The van der Waals surface area contributed by atoms with Crippen LogP contribution in [0.3, 0.4) is 0 Å². The molecule has 0 spiro atoms. The maximum Gasteiger partial charge on any atom is 0.243 e. The summed E-state index contributed by atoms with van der Waals surface area (Å²) in [6.45, 7) is 5.22. The Morgan fingerprint density at radius 1 is 1.00 bits per heavy atom. The predicted octanol–water partition coefficient (Wildman–Crippen LogP) is 3.94. The van der Waals surface area contributed by atoms with Crippen LogP contribution in [0.15, 0.2) is 54.6 Å². The number of carbonyl (C=O) groups is 1. The Morgan fingerprint density at radius 3 is 2.27 bits per heavy atom. The van der Waals surface area contributed by atoms with Gasteiger partial charge in [0.2, 0.25) is 5.91 Å². The van der Waals surface area contributed by atoms with E-state index in [2.05, 4.69) is 5.32 Å². The number of likely N-dealkylation sites (N-methyl/N-ethyl adjacent to an activating group) is 1. The van der Waals surface area contributed by atoms with Crippen molar-refractivity contribution in [3.8, 4) is 17.2 Å². The minimum atomic E-state index is -0.109. The van der Waals surface area contributed by atoms with E-state index in [1.54, 1.807) is 26.4 Å². The molecule has 0 radical (unpaired) electrons. The molecule has 0 aliphatic carbocycles. The highest BCUT2D eigenvalue weighted by atomic mass is 16.5. The number of amides is 1. The third-order valence-corrected chi connectivity index (χ3v) is 3.24. The Kier molecular flexibility index (Phi) is 10.1. The monoisotopic (exact) mass is 357 g/mol. The van der Waals surface area contributed by atoms with Crippen molar-refractivity contribution in [3.63, 3.8) is 0 Å². The molecule has 0 aliphatic rings. The lowest BCUT2D eigenvalue weighted by Gasteiger charge is -2.07. The first-order valence-electron chi connectivity index (χ1n) is 8.50. The molecule has 0 fully saturated rings. The van der Waals surface area contributed by atoms with Gasteiger partial charge in [-0.25, -0.2) is 0 Å². The molecule has 0 aliphatic heterocycles. The molecule has 0 aromatic heterocycles. The lowest BCUT2D eigenvalue weighted by atomic mass is 10.2. The van der Waals surface area contributed by atoms with Crippen molar-refractivity contribution in [2.45, 2.75) is 13.8 Å². The van der Waals surface area contributed by atoms with Gasteiger partial charge < -0.3 is 19.5 Å². The molecule has 0 bridgehead atoms. The van der Waals surface area contributed by atoms with Crippen molar-refractivity contribution in [2.75, 3.05) is 27.4 Å². The first-order chi connectivity index (χ1) is 12.6. The zero-order valence-electron chi connectivity index (χ0n) is 15.8. The smallest absolute Gasteiger partial charge is 0.243 e. The topological polar surface area (TPSA) is 56.8 Å². The van der Waals surface area contributed by atoms with Crippen LogP contribution in [0.1, 0.15) is 19.4 Å². The van der Waals surface area contributed by atoms with Gasteiger partial charge in [0.05, 0.1) is 20.8 Å². The minimum Gasteiger partial charge on any atom is -0.494 e. The molecule has 2 rings (SSSR count). The van der Waals surface area contributed by atoms with Crippen LogP contribution < -0.4 is 19.5 Å². The molecule has 0 saturated heterocycles. The summed E-state index contributed by atoms with van der Waals surface area (Å²) in [5.41, 5.74) is 0.883. The largest absolute Gasteiger partial charge is 0.494 e. The molecule has 2 aromatic carbocycles. The number of benzene rings is 2. The number of methoxy groups -OCH3 is 2. The van der Waals surface area contributed by atoms with Gasteiger partial charge in [0.15, 0.2) is 11.5 Å². The van der Waals surface area contributed by atoms with Crippen molar-refractivity contribution in [1.82, 2.24) is 5.32 Å². The highest BCUT2D eigenvalue weighted by Gasteiger charge is 2.02. The molecule has 5 heteroatoms. The van der Waals surface area contributed by atoms with E-state index in [0.717, 1.165) is 17.9 Å². The number of hydrogen-bond donors (Lipinski definition) is 1. The summed E-state index contributed by atoms with van der Waals surface area (Å²) in [5, 5.41) is 2.69. The maximum absolute atomic E-state index is 11.2. The number of ether oxygens (including phenoxy) is 3. The number of rotatable bonds is 7. The molecular weight excluding hydrogens is 330 g/mol. The zero-order valence-corrected chi connectivity index (χ0v) is 15.8. The Bertz CT molecular complexity index is 684. The fourth-order valence-corrected chi connectivity index (χ4v) is 2.04. The van der Waals surface area contributed by atoms with Crippen LogP contribution in [0.25, 0.3) is 6.08 Å². The molecular formula is C21H27NO4. The van der Waals surface area contributed by atoms with E-state index in [9.17, 15) is 4.79 Å². The van der Waals surface area contributed by atoms with E-state index >= 15 is 0 Å². The van der Waals surface area contributed by atoms with Crippen LogP contribution in [0, 0.1) is 0 Å². The van der Waals surface area contributed by atoms with E-state index < -0.39 is 0 Å². The second-order valence-electron chi connectivity index (χ2n) is 5.09. The summed E-state index contributed by atoms with van der Waals surface area (Å²) in [5.74, 6) is 2.15. The second kappa shape index (κ2) is 12.4. The van der Waals surface area contributed by atoms with E-state index in [1.165, 1.54) is 6.08 Å². The van der Waals surface area contributed by atoms with Gasteiger partial charge >= 0.3 is 0 Å². The van der Waals surface area contributed by atoms with Gasteiger partial charge in [0.1, 0.15) is 5.75 Å². The van der Waals surface area contributed by atoms with Crippen molar-refractivity contribution in [3.05, 3.63) is 60.2 Å². The summed E-state index contributed by atoms with van der Waals surface area (Å²) in [4.78, 5) is 11.2. The first-order valence-corrected chi connectivity index (χ1v) is 8.50. The average Bonchev–Trinajstić information content (AvgIpc) is 2.68. The van der Waals surface area contributed by atoms with Crippen LogP contribution in [-0.4, -0.2) is 33.3 Å². The van der Waals surface area contributed by atoms with Crippen molar-refractivity contribution in [2.24, 2.45) is 0 Å². The number of para-hydroxylation sites is 1. The summed E-state index contributed by atoms with van der Waals surface area (Å²) in [6.07, 6.45) is 3.22. The average molecular weight is 357 g/mol. The molecule has 26 heavy (non-hydrogen) atoms. The van der Waals surface area contributed by atoms with Gasteiger partial charge in [-0.2, -0.15) is 0 Å². The summed E-state index contributed by atoms with van der Waals surface area (Å²) >= 11 is 0. The fourth-order valence-electron chi connectivity index (χ4n) is 2.04. The minimum absolute atomic E-state index is 0.109. The van der Waals surface area contributed by atoms with Crippen LogP contribution in [-0.2, 0) is 4.79 Å². The quantitative estimate of drug-likeness (QED) is 0.763. The van der Waals surface area contributed by atoms with E-state index in [-0.39, 0.29) is 5.91 Å². The van der Waals surface area contributed by atoms with Crippen LogP contribution in [0.4, 0.5) is 0 Å². The van der Waals surface area contributed by atoms with Gasteiger partial charge in [-0.3, -0.25) is 4.79 Å². The standard InChI is InChI=1S/C13H17NO3.C8H10O/c1-4-14-13(15)8-6-10-5-7-11(16-2)12(9-10)17-3;1-2-9-8-6-4-3-5-7-8/h5-9H,4H2,1-3H3,(H,14,15);3-7H,2H2,1H3/b8-6+;. The lowest BCUT2D eigenvalue weighted by molar-refractivity contribution is -0.116. The predicted molar refractivity (Wildman–Crippen MR) is 105 cm³/mol. The lowest BCUT2D eigenvalue weighted by Crippen LogP contribution is -2.19. The summed E-state index contributed by atoms with van der Waals surface area (Å²) < 4.78 is 15.5. The third kappa shape index (κ3) is 7.75. The van der Waals surface area contributed by atoms with E-state index in [1.807, 2.05) is 56.3 Å². The summed E-state index contributed by atoms with van der Waals surface area (Å²) in [7, 11) is 3.16. The highest BCUT2D eigenvalue weighted by Crippen LogP contribution is 2.27. The van der Waals surface area contributed by atoms with Gasteiger partial charge in [-0.15, -0.1) is 0 Å². The van der Waals surface area contributed by atoms with E-state index in [4.69, 9.17) is 14.2 Å². The normalized spacial score (nSPS) is 9.85. The fraction of sp³-hybridized carbons (Fsp3) is 0.286. The summed E-state index contributed by atoms with van der Waals surface area (Å²) in [6, 6.07) is 15.3. The van der Waals surface area contributed by atoms with Crippen molar-refractivity contribution >= 4 is 12.0 Å². The molecule has 0 atom stereocenters. The SMILES string of the molecule is CCNC(=O)/C=C/c1ccc(OC)c(OC)c1.CCOc1ccccc1. The molecule has 2 aromatic rings. The van der Waals surface area contributed by atoms with Gasteiger partial charge in [0.25, 0.3) is 0 Å². The highest BCUT2D eigenvalue weighted by molar-refractivity contribution is 5.91. The Balaban J connectivity index is 0.000000314. The number of nitrogens with one attached hydrogen (secondary N) is 1. The van der Waals surface area contributed by atoms with Crippen LogP contribution >= 0.6 is 0 Å². The molecule has 0 unspecified atom stereocenters. The van der Waals surface area contributed by atoms with Gasteiger partial charge in [0, 0.05) is 12.6 Å². The van der Waals surface area contributed by atoms with Gasteiger partial charge in [-0.1, -0.05) is 24.3 Å². The Labute approximate surface area is 155 Å².